The summed E-state index contributed by atoms with van der Waals surface area (Å²) in [6, 6.07) is 4.90. The van der Waals surface area contributed by atoms with Gasteiger partial charge in [-0.3, -0.25) is 4.79 Å². The third-order valence-electron chi connectivity index (χ3n) is 2.71. The van der Waals surface area contributed by atoms with Crippen molar-refractivity contribution >= 4 is 21.8 Å². The topological polar surface area (TPSA) is 66.6 Å². The molecule has 0 unspecified atom stereocenters. The zero-order valence-corrected chi connectivity index (χ0v) is 10.3. The van der Waals surface area contributed by atoms with Crippen LogP contribution in [-0.4, -0.2) is 35.0 Å². The molecule has 86 valence electrons. The summed E-state index contributed by atoms with van der Waals surface area (Å²) in [6.45, 7) is 1.28. The van der Waals surface area contributed by atoms with Gasteiger partial charge in [-0.1, -0.05) is 0 Å². The lowest BCUT2D eigenvalue weighted by molar-refractivity contribution is 0.0790. The minimum absolute atomic E-state index is 0.0734. The standard InChI is InChI=1S/C11H13BrN2O2/c12-9-2-1-7(5-10(9)15)11(16)14-4-3-8(13)6-14/h1-2,5,8,15H,3-4,6,13H2/t8-/m1/s1. The summed E-state index contributed by atoms with van der Waals surface area (Å²) in [5.74, 6) is 0.00472. The largest absolute Gasteiger partial charge is 0.507 e. The van der Waals surface area contributed by atoms with Crippen LogP contribution < -0.4 is 5.73 Å². The molecule has 16 heavy (non-hydrogen) atoms. The Balaban J connectivity index is 2.18. The van der Waals surface area contributed by atoms with Crippen molar-refractivity contribution in [2.45, 2.75) is 12.5 Å². The highest BCUT2D eigenvalue weighted by Crippen LogP contribution is 2.25. The van der Waals surface area contributed by atoms with Gasteiger partial charge in [0.1, 0.15) is 5.75 Å². The van der Waals surface area contributed by atoms with Crippen molar-refractivity contribution in [3.05, 3.63) is 28.2 Å². The first kappa shape index (κ1) is 11.4. The minimum Gasteiger partial charge on any atom is -0.507 e. The molecule has 0 bridgehead atoms. The number of hydrogen-bond acceptors (Lipinski definition) is 3. The molecule has 0 spiro atoms. The normalized spacial score (nSPS) is 20.1. The summed E-state index contributed by atoms with van der Waals surface area (Å²) in [5, 5.41) is 9.50. The van der Waals surface area contributed by atoms with Gasteiger partial charge in [-0.2, -0.15) is 0 Å². The highest BCUT2D eigenvalue weighted by atomic mass is 79.9. The van der Waals surface area contributed by atoms with E-state index < -0.39 is 0 Å². The van der Waals surface area contributed by atoms with Gasteiger partial charge < -0.3 is 15.7 Å². The molecule has 2 rings (SSSR count). The lowest BCUT2D eigenvalue weighted by Gasteiger charge is -2.15. The average molecular weight is 285 g/mol. The van der Waals surface area contributed by atoms with Crippen molar-refractivity contribution < 1.29 is 9.90 Å². The molecule has 5 heteroatoms. The fraction of sp³-hybridized carbons (Fsp3) is 0.364. The molecule has 0 aliphatic carbocycles. The van der Waals surface area contributed by atoms with Gasteiger partial charge in [0.05, 0.1) is 4.47 Å². The van der Waals surface area contributed by atoms with Gasteiger partial charge in [-0.05, 0) is 40.5 Å². The number of halogens is 1. The molecule has 1 aromatic carbocycles. The number of amides is 1. The van der Waals surface area contributed by atoms with Crippen LogP contribution in [0.1, 0.15) is 16.8 Å². The molecule has 0 radical (unpaired) electrons. The van der Waals surface area contributed by atoms with Gasteiger partial charge in [0, 0.05) is 24.7 Å². The van der Waals surface area contributed by atoms with E-state index in [0.717, 1.165) is 6.42 Å². The van der Waals surface area contributed by atoms with Gasteiger partial charge in [-0.15, -0.1) is 0 Å². The smallest absolute Gasteiger partial charge is 0.254 e. The number of rotatable bonds is 1. The first-order valence-electron chi connectivity index (χ1n) is 5.11. The summed E-state index contributed by atoms with van der Waals surface area (Å²) >= 11 is 3.18. The molecule has 1 saturated heterocycles. The number of carbonyl (C=O) groups excluding carboxylic acids is 1. The SMILES string of the molecule is N[C@@H]1CCN(C(=O)c2ccc(Br)c(O)c2)C1. The molecule has 3 N–H and O–H groups in total. The molecule has 1 atom stereocenters. The van der Waals surface area contributed by atoms with Crippen molar-refractivity contribution in [1.29, 1.82) is 0 Å². The molecule has 1 aliphatic heterocycles. The van der Waals surface area contributed by atoms with Crippen molar-refractivity contribution in [3.63, 3.8) is 0 Å². The molecule has 1 amide bonds. The molecule has 0 aromatic heterocycles. The maximum Gasteiger partial charge on any atom is 0.254 e. The predicted molar refractivity (Wildman–Crippen MR) is 64.3 cm³/mol. The van der Waals surface area contributed by atoms with Gasteiger partial charge in [0.2, 0.25) is 0 Å². The Bertz CT molecular complexity index is 422. The van der Waals surface area contributed by atoms with Crippen LogP contribution in [0.4, 0.5) is 0 Å². The average Bonchev–Trinajstić information content (AvgIpc) is 2.68. The molecule has 1 aliphatic rings. The zero-order valence-electron chi connectivity index (χ0n) is 8.69. The number of aromatic hydroxyl groups is 1. The first-order chi connectivity index (χ1) is 7.58. The molecule has 1 aromatic rings. The van der Waals surface area contributed by atoms with Crippen molar-refractivity contribution in [2.75, 3.05) is 13.1 Å². The fourth-order valence-electron chi connectivity index (χ4n) is 1.80. The minimum atomic E-state index is -0.0734. The van der Waals surface area contributed by atoms with Gasteiger partial charge in [-0.25, -0.2) is 0 Å². The van der Waals surface area contributed by atoms with E-state index in [1.165, 1.54) is 6.07 Å². The maximum atomic E-state index is 12.0. The number of phenolic OH excluding ortho intramolecular Hbond substituents is 1. The quantitative estimate of drug-likeness (QED) is 0.818. The van der Waals surface area contributed by atoms with E-state index >= 15 is 0 Å². The predicted octanol–water partition coefficient (Wildman–Crippen LogP) is 1.33. The highest BCUT2D eigenvalue weighted by Gasteiger charge is 2.24. The number of benzene rings is 1. The number of hydrogen-bond donors (Lipinski definition) is 2. The highest BCUT2D eigenvalue weighted by molar-refractivity contribution is 9.10. The third kappa shape index (κ3) is 2.20. The van der Waals surface area contributed by atoms with Crippen LogP contribution in [0, 0.1) is 0 Å². The molecule has 4 nitrogen and oxygen atoms in total. The lowest BCUT2D eigenvalue weighted by Crippen LogP contribution is -2.31. The Kier molecular flexibility index (Phi) is 3.16. The van der Waals surface area contributed by atoms with E-state index in [1.807, 2.05) is 0 Å². The Morgan fingerprint density at radius 2 is 2.31 bits per heavy atom. The molecule has 1 fully saturated rings. The van der Waals surface area contributed by atoms with Crippen LogP contribution in [0.3, 0.4) is 0 Å². The number of carbonyl (C=O) groups is 1. The maximum absolute atomic E-state index is 12.0. The van der Waals surface area contributed by atoms with E-state index in [0.29, 0.717) is 23.1 Å². The number of nitrogens with zero attached hydrogens (tertiary/aromatic N) is 1. The summed E-state index contributed by atoms with van der Waals surface area (Å²) in [6.07, 6.45) is 0.842. The Labute approximate surface area is 102 Å². The van der Waals surface area contributed by atoms with Gasteiger partial charge in [0.15, 0.2) is 0 Å². The van der Waals surface area contributed by atoms with E-state index in [-0.39, 0.29) is 17.7 Å². The Morgan fingerprint density at radius 3 is 2.88 bits per heavy atom. The number of nitrogens with two attached hydrogens (primary N) is 1. The fourth-order valence-corrected chi connectivity index (χ4v) is 2.05. The number of likely N-dealkylation sites (tertiary alicyclic amines) is 1. The Hall–Kier alpha value is -1.07. The summed E-state index contributed by atoms with van der Waals surface area (Å²) in [7, 11) is 0. The monoisotopic (exact) mass is 284 g/mol. The van der Waals surface area contributed by atoms with Crippen LogP contribution in [0.15, 0.2) is 22.7 Å². The second-order valence-corrected chi connectivity index (χ2v) is 4.82. The summed E-state index contributed by atoms with van der Waals surface area (Å²) in [4.78, 5) is 13.7. The third-order valence-corrected chi connectivity index (χ3v) is 3.38. The molecule has 1 heterocycles. The van der Waals surface area contributed by atoms with E-state index in [2.05, 4.69) is 15.9 Å². The molecular formula is C11H13BrN2O2. The zero-order chi connectivity index (χ0) is 11.7. The van der Waals surface area contributed by atoms with Crippen LogP contribution in [-0.2, 0) is 0 Å². The van der Waals surface area contributed by atoms with Gasteiger partial charge >= 0.3 is 0 Å². The van der Waals surface area contributed by atoms with Crippen molar-refractivity contribution in [2.24, 2.45) is 5.73 Å². The summed E-state index contributed by atoms with van der Waals surface area (Å²) < 4.78 is 0.585. The van der Waals surface area contributed by atoms with E-state index in [9.17, 15) is 9.90 Å². The van der Waals surface area contributed by atoms with E-state index in [4.69, 9.17) is 5.73 Å². The molecule has 0 saturated carbocycles. The summed E-state index contributed by atoms with van der Waals surface area (Å²) in [5.41, 5.74) is 6.24. The molecular weight excluding hydrogens is 272 g/mol. The first-order valence-corrected chi connectivity index (χ1v) is 5.90. The van der Waals surface area contributed by atoms with Gasteiger partial charge in [0.25, 0.3) is 5.91 Å². The van der Waals surface area contributed by atoms with Crippen LogP contribution in [0.5, 0.6) is 5.75 Å². The van der Waals surface area contributed by atoms with Crippen molar-refractivity contribution in [3.8, 4) is 5.75 Å². The van der Waals surface area contributed by atoms with Crippen LogP contribution in [0.25, 0.3) is 0 Å². The second kappa shape index (κ2) is 4.43. The van der Waals surface area contributed by atoms with Crippen molar-refractivity contribution in [1.82, 2.24) is 4.90 Å². The van der Waals surface area contributed by atoms with Crippen LogP contribution in [0.2, 0.25) is 0 Å². The second-order valence-electron chi connectivity index (χ2n) is 3.97. The lowest BCUT2D eigenvalue weighted by atomic mass is 10.2. The van der Waals surface area contributed by atoms with Crippen LogP contribution >= 0.6 is 15.9 Å². The number of phenols is 1. The Morgan fingerprint density at radius 1 is 1.56 bits per heavy atom. The van der Waals surface area contributed by atoms with E-state index in [1.54, 1.807) is 17.0 Å².